The molecule has 0 saturated carbocycles. The number of esters is 1. The largest absolute Gasteiger partial charge is 0.465 e. The molecular formula is C15H18FN3O2. The minimum Gasteiger partial charge on any atom is -0.465 e. The van der Waals surface area contributed by atoms with Crippen LogP contribution in [0.1, 0.15) is 37.0 Å². The highest BCUT2D eigenvalue weighted by molar-refractivity contribution is 5.81. The smallest absolute Gasteiger partial charge is 0.321 e. The van der Waals surface area contributed by atoms with E-state index in [1.165, 1.54) is 12.1 Å². The molecule has 1 aromatic carbocycles. The summed E-state index contributed by atoms with van der Waals surface area (Å²) < 4.78 is 20.4. The first-order chi connectivity index (χ1) is 10.1. The zero-order valence-corrected chi connectivity index (χ0v) is 12.3. The average molecular weight is 291 g/mol. The van der Waals surface area contributed by atoms with Crippen LogP contribution in [0.15, 0.2) is 24.3 Å². The van der Waals surface area contributed by atoms with Crippen LogP contribution in [0.2, 0.25) is 0 Å². The zero-order valence-electron chi connectivity index (χ0n) is 12.3. The summed E-state index contributed by atoms with van der Waals surface area (Å²) in [4.78, 5) is 12.3. The minimum absolute atomic E-state index is 0.254. The summed E-state index contributed by atoms with van der Waals surface area (Å²) in [6.45, 7) is 6.36. The van der Waals surface area contributed by atoms with E-state index in [0.29, 0.717) is 23.8 Å². The average Bonchev–Trinajstić information content (AvgIpc) is 2.80. The van der Waals surface area contributed by atoms with E-state index in [9.17, 15) is 9.18 Å². The second kappa shape index (κ2) is 6.47. The lowest BCUT2D eigenvalue weighted by atomic mass is 9.98. The highest BCUT2D eigenvalue weighted by Gasteiger charge is 2.30. The number of aromatic nitrogens is 3. The Balaban J connectivity index is 2.53. The molecule has 1 atom stereocenters. The molecule has 0 saturated heterocycles. The third-order valence-electron chi connectivity index (χ3n) is 3.24. The summed E-state index contributed by atoms with van der Waals surface area (Å²) in [7, 11) is 0. The van der Waals surface area contributed by atoms with Crippen molar-refractivity contribution in [3.05, 3.63) is 47.3 Å². The molecule has 0 spiro atoms. The number of nitrogens with zero attached hydrogens (tertiary/aromatic N) is 3. The van der Waals surface area contributed by atoms with Crippen LogP contribution in [0.4, 0.5) is 4.39 Å². The number of carbonyl (C=O) groups is 1. The fourth-order valence-electron chi connectivity index (χ4n) is 2.30. The van der Waals surface area contributed by atoms with Crippen molar-refractivity contribution in [3.63, 3.8) is 0 Å². The van der Waals surface area contributed by atoms with Gasteiger partial charge in [-0.1, -0.05) is 12.1 Å². The Bertz CT molecular complexity index is 640. The number of halogens is 1. The molecule has 6 heteroatoms. The van der Waals surface area contributed by atoms with E-state index >= 15 is 0 Å². The van der Waals surface area contributed by atoms with Crippen molar-refractivity contribution >= 4 is 5.97 Å². The van der Waals surface area contributed by atoms with E-state index in [1.54, 1.807) is 19.1 Å². The standard InChI is InChI=1S/C15H18FN3O2/c1-4-19-10(3)17-18-14(19)13(15(20)21-5-2)11-7-6-8-12(16)9-11/h6-9,13H,4-5H2,1-3H3. The molecule has 21 heavy (non-hydrogen) atoms. The normalized spacial score (nSPS) is 12.2. The summed E-state index contributed by atoms with van der Waals surface area (Å²) in [6.07, 6.45) is 0. The van der Waals surface area contributed by atoms with Crippen LogP contribution in [0.3, 0.4) is 0 Å². The minimum atomic E-state index is -0.776. The molecule has 0 N–H and O–H groups in total. The Morgan fingerprint density at radius 1 is 1.38 bits per heavy atom. The Labute approximate surface area is 122 Å². The summed E-state index contributed by atoms with van der Waals surface area (Å²) in [5.74, 6) is -0.453. The number of carbonyl (C=O) groups excluding carboxylic acids is 1. The maximum Gasteiger partial charge on any atom is 0.321 e. The van der Waals surface area contributed by atoms with Gasteiger partial charge in [-0.2, -0.15) is 0 Å². The maximum absolute atomic E-state index is 13.5. The van der Waals surface area contributed by atoms with E-state index in [4.69, 9.17) is 4.74 Å². The van der Waals surface area contributed by atoms with Crippen LogP contribution in [-0.2, 0) is 16.1 Å². The van der Waals surface area contributed by atoms with Crippen LogP contribution in [-0.4, -0.2) is 27.3 Å². The molecule has 0 amide bonds. The molecule has 0 aliphatic heterocycles. The fraction of sp³-hybridized carbons (Fsp3) is 0.400. The molecule has 5 nitrogen and oxygen atoms in total. The van der Waals surface area contributed by atoms with Crippen LogP contribution in [0, 0.1) is 12.7 Å². The van der Waals surface area contributed by atoms with Gasteiger partial charge < -0.3 is 9.30 Å². The topological polar surface area (TPSA) is 57.0 Å². The third-order valence-corrected chi connectivity index (χ3v) is 3.24. The van der Waals surface area contributed by atoms with Gasteiger partial charge >= 0.3 is 5.97 Å². The molecule has 2 aromatic rings. The molecule has 0 fully saturated rings. The molecule has 1 aromatic heterocycles. The van der Waals surface area contributed by atoms with Crippen molar-refractivity contribution in [2.45, 2.75) is 33.2 Å². The molecule has 0 aliphatic rings. The van der Waals surface area contributed by atoms with Gasteiger partial charge in [-0.3, -0.25) is 4.79 Å². The van der Waals surface area contributed by atoms with Gasteiger partial charge in [-0.15, -0.1) is 10.2 Å². The van der Waals surface area contributed by atoms with Gasteiger partial charge in [0.2, 0.25) is 0 Å². The number of ether oxygens (including phenoxy) is 1. The zero-order chi connectivity index (χ0) is 15.4. The van der Waals surface area contributed by atoms with Crippen molar-refractivity contribution in [3.8, 4) is 0 Å². The number of benzene rings is 1. The van der Waals surface area contributed by atoms with Gasteiger partial charge in [-0.05, 0) is 38.5 Å². The Hall–Kier alpha value is -2.24. The number of rotatable bonds is 5. The van der Waals surface area contributed by atoms with E-state index in [0.717, 1.165) is 0 Å². The lowest BCUT2D eigenvalue weighted by Crippen LogP contribution is -2.21. The van der Waals surface area contributed by atoms with E-state index in [2.05, 4.69) is 10.2 Å². The van der Waals surface area contributed by atoms with Gasteiger partial charge in [0, 0.05) is 6.54 Å². The SMILES string of the molecule is CCOC(=O)C(c1cccc(F)c1)c1nnc(C)n1CC. The molecule has 1 unspecified atom stereocenters. The quantitative estimate of drug-likeness (QED) is 0.794. The lowest BCUT2D eigenvalue weighted by molar-refractivity contribution is -0.144. The molecule has 0 bridgehead atoms. The second-order valence-corrected chi connectivity index (χ2v) is 4.59. The van der Waals surface area contributed by atoms with Crippen molar-refractivity contribution in [1.29, 1.82) is 0 Å². The second-order valence-electron chi connectivity index (χ2n) is 4.59. The van der Waals surface area contributed by atoms with Crippen LogP contribution in [0.25, 0.3) is 0 Å². The van der Waals surface area contributed by atoms with Crippen LogP contribution in [0.5, 0.6) is 0 Å². The Morgan fingerprint density at radius 2 is 2.14 bits per heavy atom. The third kappa shape index (κ3) is 3.09. The first-order valence-corrected chi connectivity index (χ1v) is 6.90. The Morgan fingerprint density at radius 3 is 2.76 bits per heavy atom. The van der Waals surface area contributed by atoms with E-state index in [-0.39, 0.29) is 6.61 Å². The van der Waals surface area contributed by atoms with Gasteiger partial charge in [0.15, 0.2) is 5.82 Å². The van der Waals surface area contributed by atoms with Crippen LogP contribution < -0.4 is 0 Å². The van der Waals surface area contributed by atoms with Gasteiger partial charge in [0.1, 0.15) is 17.6 Å². The highest BCUT2D eigenvalue weighted by atomic mass is 19.1. The van der Waals surface area contributed by atoms with E-state index < -0.39 is 17.7 Å². The Kier molecular flexibility index (Phi) is 4.67. The summed E-state index contributed by atoms with van der Waals surface area (Å²) >= 11 is 0. The van der Waals surface area contributed by atoms with Crippen molar-refractivity contribution in [2.24, 2.45) is 0 Å². The van der Waals surface area contributed by atoms with Crippen molar-refractivity contribution < 1.29 is 13.9 Å². The summed E-state index contributed by atoms with van der Waals surface area (Å²) in [6, 6.07) is 5.91. The molecular weight excluding hydrogens is 273 g/mol. The van der Waals surface area contributed by atoms with Crippen molar-refractivity contribution in [1.82, 2.24) is 14.8 Å². The molecule has 0 radical (unpaired) electrons. The number of aryl methyl sites for hydroxylation is 1. The summed E-state index contributed by atoms with van der Waals surface area (Å²) in [5, 5.41) is 8.10. The fourth-order valence-corrected chi connectivity index (χ4v) is 2.30. The molecule has 2 rings (SSSR count). The van der Waals surface area contributed by atoms with Crippen LogP contribution >= 0.6 is 0 Å². The molecule has 0 aliphatic carbocycles. The predicted molar refractivity (Wildman–Crippen MR) is 75.3 cm³/mol. The first kappa shape index (κ1) is 15.2. The molecule has 1 heterocycles. The van der Waals surface area contributed by atoms with E-state index in [1.807, 2.05) is 18.4 Å². The highest BCUT2D eigenvalue weighted by Crippen LogP contribution is 2.26. The van der Waals surface area contributed by atoms with Crippen molar-refractivity contribution in [2.75, 3.05) is 6.61 Å². The predicted octanol–water partition coefficient (Wildman–Crippen LogP) is 2.44. The van der Waals surface area contributed by atoms with Gasteiger partial charge in [-0.25, -0.2) is 4.39 Å². The first-order valence-electron chi connectivity index (χ1n) is 6.90. The van der Waals surface area contributed by atoms with Gasteiger partial charge in [0.25, 0.3) is 0 Å². The maximum atomic E-state index is 13.5. The number of hydrogen-bond acceptors (Lipinski definition) is 4. The number of hydrogen-bond donors (Lipinski definition) is 0. The summed E-state index contributed by atoms with van der Waals surface area (Å²) in [5.41, 5.74) is 0.510. The van der Waals surface area contributed by atoms with Gasteiger partial charge in [0.05, 0.1) is 6.61 Å². The monoisotopic (exact) mass is 291 g/mol. The lowest BCUT2D eigenvalue weighted by Gasteiger charge is -2.16. The molecule has 112 valence electrons.